The molecular formula is C28H37N. The van der Waals surface area contributed by atoms with Crippen molar-refractivity contribution < 1.29 is 0 Å². The van der Waals surface area contributed by atoms with Crippen molar-refractivity contribution in [1.29, 1.82) is 0 Å². The van der Waals surface area contributed by atoms with Crippen molar-refractivity contribution in [2.45, 2.75) is 103 Å². The summed E-state index contributed by atoms with van der Waals surface area (Å²) in [6.45, 7) is 9.38. The molecule has 8 aliphatic rings. The smallest absolute Gasteiger partial charge is 0.0422 e. The second kappa shape index (κ2) is 4.67. The SMILES string of the molecule is CC1=C2C[C@]34CC[C@@H](C)[C@@]2(CC1)[C@@]3(C)CC1=CCC2=C1[C@H]4N1C[C@]13CCC[C@H]3C2. The molecule has 1 saturated heterocycles. The fourth-order valence-electron chi connectivity index (χ4n) is 11.4. The van der Waals surface area contributed by atoms with Crippen molar-refractivity contribution in [2.24, 2.45) is 28.1 Å². The lowest BCUT2D eigenvalue weighted by atomic mass is 9.41. The lowest BCUT2D eigenvalue weighted by molar-refractivity contribution is -0.118. The molecule has 8 atom stereocenters. The van der Waals surface area contributed by atoms with Gasteiger partial charge in [-0.25, -0.2) is 0 Å². The fraction of sp³-hybridized carbons (Fsp3) is 0.786. The number of rotatable bonds is 0. The Bertz CT molecular complexity index is 965. The Morgan fingerprint density at radius 2 is 2.00 bits per heavy atom. The van der Waals surface area contributed by atoms with E-state index in [1.807, 2.05) is 22.3 Å². The fourth-order valence-corrected chi connectivity index (χ4v) is 11.4. The molecule has 6 aliphatic carbocycles. The van der Waals surface area contributed by atoms with E-state index in [-0.39, 0.29) is 0 Å². The molecule has 2 heterocycles. The van der Waals surface area contributed by atoms with Crippen molar-refractivity contribution >= 4 is 0 Å². The van der Waals surface area contributed by atoms with Crippen molar-refractivity contribution in [2.75, 3.05) is 6.54 Å². The van der Waals surface area contributed by atoms with Gasteiger partial charge in [-0.05, 0) is 99.5 Å². The van der Waals surface area contributed by atoms with Crippen molar-refractivity contribution in [1.82, 2.24) is 4.90 Å². The molecule has 4 saturated carbocycles. The zero-order valence-corrected chi connectivity index (χ0v) is 18.7. The maximum atomic E-state index is 3.13. The molecule has 0 amide bonds. The number of fused-ring (bicyclic) bond motifs is 1. The van der Waals surface area contributed by atoms with Crippen LogP contribution in [0.25, 0.3) is 0 Å². The van der Waals surface area contributed by atoms with E-state index in [1.165, 1.54) is 77.2 Å². The van der Waals surface area contributed by atoms with Gasteiger partial charge in [-0.15, -0.1) is 0 Å². The number of nitrogens with zero attached hydrogens (tertiary/aromatic N) is 1. The van der Waals surface area contributed by atoms with Crippen LogP contribution >= 0.6 is 0 Å². The summed E-state index contributed by atoms with van der Waals surface area (Å²) in [5.41, 5.74) is 11.6. The lowest BCUT2D eigenvalue weighted by Crippen LogP contribution is -2.61. The first kappa shape index (κ1) is 16.8. The average molecular weight is 388 g/mol. The maximum Gasteiger partial charge on any atom is 0.0422 e. The summed E-state index contributed by atoms with van der Waals surface area (Å²) in [6.07, 6.45) is 18.6. The third kappa shape index (κ3) is 1.47. The number of allylic oxidation sites excluding steroid dienone is 4. The van der Waals surface area contributed by atoms with Crippen LogP contribution in [0.5, 0.6) is 0 Å². The molecule has 2 aliphatic heterocycles. The van der Waals surface area contributed by atoms with Gasteiger partial charge in [-0.3, -0.25) is 4.90 Å². The van der Waals surface area contributed by atoms with E-state index >= 15 is 0 Å². The molecule has 0 aromatic heterocycles. The van der Waals surface area contributed by atoms with Crippen LogP contribution in [0, 0.1) is 28.1 Å². The predicted octanol–water partition coefficient (Wildman–Crippen LogP) is 6.57. The van der Waals surface area contributed by atoms with Gasteiger partial charge in [-0.1, -0.05) is 43.1 Å². The standard InChI is InChI=1S/C28H37N/c1-17-8-12-28-18(2)9-11-26(15-22(17)28)24-23-19(6-7-20(23)14-25(26,28)3)13-21-5-4-10-27(21)16-29(24)27/h7,18,21,24H,4-6,8-16H2,1-3H3/t18-,21+,24-,25+,26+,27+,28-,29?/m1/s1. The first-order chi connectivity index (χ1) is 14.0. The summed E-state index contributed by atoms with van der Waals surface area (Å²) in [4.78, 5) is 3.13. The van der Waals surface area contributed by atoms with Crippen molar-refractivity contribution in [3.8, 4) is 0 Å². The second-order valence-corrected chi connectivity index (χ2v) is 12.9. The van der Waals surface area contributed by atoms with E-state index in [9.17, 15) is 0 Å². The summed E-state index contributed by atoms with van der Waals surface area (Å²) >= 11 is 0. The molecule has 0 radical (unpaired) electrons. The van der Waals surface area contributed by atoms with E-state index in [1.54, 1.807) is 5.57 Å². The van der Waals surface area contributed by atoms with Gasteiger partial charge in [0, 0.05) is 29.0 Å². The number of hydrogen-bond donors (Lipinski definition) is 0. The summed E-state index contributed by atoms with van der Waals surface area (Å²) in [5, 5.41) is 0. The van der Waals surface area contributed by atoms with Gasteiger partial charge < -0.3 is 0 Å². The highest BCUT2D eigenvalue weighted by Gasteiger charge is 2.79. The largest absolute Gasteiger partial charge is 0.287 e. The minimum Gasteiger partial charge on any atom is -0.287 e. The highest BCUT2D eigenvalue weighted by molar-refractivity contribution is 5.58. The molecule has 0 N–H and O–H groups in total. The van der Waals surface area contributed by atoms with E-state index in [2.05, 4.69) is 31.7 Å². The lowest BCUT2D eigenvalue weighted by Gasteiger charge is -2.64. The van der Waals surface area contributed by atoms with Crippen molar-refractivity contribution in [3.63, 3.8) is 0 Å². The zero-order chi connectivity index (χ0) is 19.4. The van der Waals surface area contributed by atoms with Crippen molar-refractivity contribution in [3.05, 3.63) is 33.9 Å². The molecule has 0 aromatic rings. The third-order valence-electron chi connectivity index (χ3n) is 12.7. The summed E-state index contributed by atoms with van der Waals surface area (Å²) < 4.78 is 0. The van der Waals surface area contributed by atoms with Crippen LogP contribution in [-0.4, -0.2) is 23.0 Å². The van der Waals surface area contributed by atoms with Crippen LogP contribution in [0.4, 0.5) is 0 Å². The molecular weight excluding hydrogens is 350 g/mol. The molecule has 5 fully saturated rings. The van der Waals surface area contributed by atoms with Gasteiger partial charge >= 0.3 is 0 Å². The second-order valence-electron chi connectivity index (χ2n) is 12.9. The monoisotopic (exact) mass is 387 g/mol. The Kier molecular flexibility index (Phi) is 2.71. The topological polar surface area (TPSA) is 3.01 Å². The quantitative estimate of drug-likeness (QED) is 0.336. The van der Waals surface area contributed by atoms with Gasteiger partial charge in [0.2, 0.25) is 0 Å². The third-order valence-corrected chi connectivity index (χ3v) is 12.7. The molecule has 2 bridgehead atoms. The Balaban J connectivity index is 1.41. The van der Waals surface area contributed by atoms with Gasteiger partial charge in [0.1, 0.15) is 0 Å². The van der Waals surface area contributed by atoms with E-state index in [0.717, 1.165) is 17.9 Å². The molecule has 1 unspecified atom stereocenters. The first-order valence-corrected chi connectivity index (χ1v) is 12.8. The zero-order valence-electron chi connectivity index (χ0n) is 18.7. The van der Waals surface area contributed by atoms with Crippen LogP contribution < -0.4 is 0 Å². The molecule has 154 valence electrons. The Morgan fingerprint density at radius 1 is 1.10 bits per heavy atom. The van der Waals surface area contributed by atoms with Crippen LogP contribution in [0.15, 0.2) is 33.9 Å². The predicted molar refractivity (Wildman–Crippen MR) is 117 cm³/mol. The van der Waals surface area contributed by atoms with Gasteiger partial charge in [0.15, 0.2) is 0 Å². The summed E-state index contributed by atoms with van der Waals surface area (Å²) in [5.74, 6) is 1.86. The minimum absolute atomic E-state index is 0.489. The Morgan fingerprint density at radius 3 is 2.90 bits per heavy atom. The van der Waals surface area contributed by atoms with Gasteiger partial charge in [-0.2, -0.15) is 0 Å². The molecule has 2 spiro atoms. The minimum atomic E-state index is 0.489. The van der Waals surface area contributed by atoms with E-state index in [0.29, 0.717) is 21.8 Å². The normalized spacial score (nSPS) is 58.4. The van der Waals surface area contributed by atoms with E-state index in [4.69, 9.17) is 0 Å². The van der Waals surface area contributed by atoms with Gasteiger partial charge in [0.05, 0.1) is 0 Å². The molecule has 1 nitrogen and oxygen atoms in total. The van der Waals surface area contributed by atoms with Gasteiger partial charge in [0.25, 0.3) is 0 Å². The average Bonchev–Trinajstić information content (AvgIpc) is 2.87. The van der Waals surface area contributed by atoms with E-state index < -0.39 is 0 Å². The van der Waals surface area contributed by atoms with Crippen LogP contribution in [0.1, 0.15) is 91.4 Å². The summed E-state index contributed by atoms with van der Waals surface area (Å²) in [6, 6.07) is 0.767. The molecule has 1 heteroatoms. The van der Waals surface area contributed by atoms with Crippen LogP contribution in [0.2, 0.25) is 0 Å². The highest BCUT2D eigenvalue weighted by atomic mass is 15.4. The highest BCUT2D eigenvalue weighted by Crippen LogP contribution is 2.83. The first-order valence-electron chi connectivity index (χ1n) is 12.8. The summed E-state index contributed by atoms with van der Waals surface area (Å²) in [7, 11) is 0. The Hall–Kier alpha value is -0.820. The number of hydrogen-bond acceptors (Lipinski definition) is 1. The maximum absolute atomic E-state index is 3.13. The van der Waals surface area contributed by atoms with Crippen LogP contribution in [-0.2, 0) is 0 Å². The Labute approximate surface area is 176 Å². The van der Waals surface area contributed by atoms with Crippen LogP contribution in [0.3, 0.4) is 0 Å². The molecule has 0 aromatic carbocycles. The molecule has 8 rings (SSSR count). The molecule has 29 heavy (non-hydrogen) atoms.